The standard InChI is InChI=1S/C20H20N4O2/c25-15-3-5-16(6-4-15)26-20-8-7-19-22-12-18(24(19)23-20)14-2-1-13-9-10-21-17(13)11-14/h1-2,7-12,15-16,21,25H,3-6H2. The number of aliphatic hydroxyl groups is 1. The van der Waals surface area contributed by atoms with Crippen molar-refractivity contribution in [2.24, 2.45) is 0 Å². The van der Waals surface area contributed by atoms with E-state index >= 15 is 0 Å². The van der Waals surface area contributed by atoms with Gasteiger partial charge in [-0.1, -0.05) is 12.1 Å². The fourth-order valence-corrected chi connectivity index (χ4v) is 3.66. The molecule has 3 heterocycles. The fourth-order valence-electron chi connectivity index (χ4n) is 3.66. The fraction of sp³-hybridized carbons (Fsp3) is 0.300. The van der Waals surface area contributed by atoms with E-state index in [1.54, 1.807) is 0 Å². The van der Waals surface area contributed by atoms with Crippen molar-refractivity contribution in [2.75, 3.05) is 0 Å². The molecule has 0 saturated heterocycles. The number of H-pyrrole nitrogens is 1. The number of nitrogens with one attached hydrogen (secondary N) is 1. The number of aromatic amines is 1. The molecule has 0 bridgehead atoms. The lowest BCUT2D eigenvalue weighted by atomic mass is 9.95. The summed E-state index contributed by atoms with van der Waals surface area (Å²) in [6.45, 7) is 0. The minimum absolute atomic E-state index is 0.116. The van der Waals surface area contributed by atoms with Gasteiger partial charge in [-0.15, -0.1) is 5.10 Å². The van der Waals surface area contributed by atoms with Crippen LogP contribution < -0.4 is 4.74 Å². The largest absolute Gasteiger partial charge is 0.473 e. The summed E-state index contributed by atoms with van der Waals surface area (Å²) in [6.07, 6.45) is 7.02. The number of aliphatic hydroxyl groups excluding tert-OH is 1. The van der Waals surface area contributed by atoms with Crippen molar-refractivity contribution >= 4 is 16.6 Å². The number of hydrogen-bond donors (Lipinski definition) is 2. The number of rotatable bonds is 3. The van der Waals surface area contributed by atoms with Crippen molar-refractivity contribution in [1.29, 1.82) is 0 Å². The van der Waals surface area contributed by atoms with Crippen LogP contribution in [0, 0.1) is 0 Å². The van der Waals surface area contributed by atoms with E-state index in [2.05, 4.69) is 39.3 Å². The molecule has 0 spiro atoms. The molecule has 26 heavy (non-hydrogen) atoms. The zero-order chi connectivity index (χ0) is 17.5. The zero-order valence-electron chi connectivity index (χ0n) is 14.3. The number of imidazole rings is 1. The minimum Gasteiger partial charge on any atom is -0.473 e. The molecule has 0 aliphatic heterocycles. The van der Waals surface area contributed by atoms with Gasteiger partial charge in [-0.2, -0.15) is 0 Å². The Morgan fingerprint density at radius 3 is 2.85 bits per heavy atom. The van der Waals surface area contributed by atoms with Crippen molar-refractivity contribution in [3.05, 3.63) is 48.8 Å². The van der Waals surface area contributed by atoms with Crippen LogP contribution in [-0.4, -0.2) is 36.9 Å². The van der Waals surface area contributed by atoms with Gasteiger partial charge in [0.05, 0.1) is 18.0 Å². The molecule has 1 fully saturated rings. The van der Waals surface area contributed by atoms with Gasteiger partial charge in [-0.05, 0) is 49.3 Å². The Morgan fingerprint density at radius 1 is 1.08 bits per heavy atom. The molecule has 1 aliphatic rings. The molecule has 0 atom stereocenters. The average Bonchev–Trinajstić information content (AvgIpc) is 3.29. The smallest absolute Gasteiger partial charge is 0.232 e. The summed E-state index contributed by atoms with van der Waals surface area (Å²) < 4.78 is 7.88. The van der Waals surface area contributed by atoms with Gasteiger partial charge in [0.1, 0.15) is 6.10 Å². The molecule has 1 saturated carbocycles. The molecule has 1 aromatic carbocycles. The van der Waals surface area contributed by atoms with Crippen molar-refractivity contribution < 1.29 is 9.84 Å². The third-order valence-corrected chi connectivity index (χ3v) is 5.12. The van der Waals surface area contributed by atoms with Crippen LogP contribution in [-0.2, 0) is 0 Å². The normalized spacial score (nSPS) is 20.7. The summed E-state index contributed by atoms with van der Waals surface area (Å²) in [5, 5.41) is 15.5. The van der Waals surface area contributed by atoms with Crippen LogP contribution in [0.15, 0.2) is 48.8 Å². The van der Waals surface area contributed by atoms with Crippen LogP contribution in [0.25, 0.3) is 27.8 Å². The van der Waals surface area contributed by atoms with Crippen molar-refractivity contribution in [1.82, 2.24) is 19.6 Å². The Morgan fingerprint density at radius 2 is 1.96 bits per heavy atom. The van der Waals surface area contributed by atoms with Crippen LogP contribution in [0.3, 0.4) is 0 Å². The monoisotopic (exact) mass is 348 g/mol. The van der Waals surface area contributed by atoms with Gasteiger partial charge in [-0.3, -0.25) is 0 Å². The third kappa shape index (κ3) is 2.72. The molecule has 6 nitrogen and oxygen atoms in total. The molecule has 0 radical (unpaired) electrons. The summed E-state index contributed by atoms with van der Waals surface area (Å²) in [5.41, 5.74) is 3.86. The number of ether oxygens (including phenoxy) is 1. The minimum atomic E-state index is -0.187. The molecule has 0 amide bonds. The lowest BCUT2D eigenvalue weighted by molar-refractivity contribution is 0.0637. The first-order valence-corrected chi connectivity index (χ1v) is 9.03. The Bertz CT molecular complexity index is 1060. The molecule has 132 valence electrons. The molecule has 4 aromatic rings. The number of hydrogen-bond acceptors (Lipinski definition) is 4. The summed E-state index contributed by atoms with van der Waals surface area (Å²) in [7, 11) is 0. The molecule has 3 aromatic heterocycles. The van der Waals surface area contributed by atoms with Crippen LogP contribution >= 0.6 is 0 Å². The quantitative estimate of drug-likeness (QED) is 0.594. The van der Waals surface area contributed by atoms with Crippen LogP contribution in [0.4, 0.5) is 0 Å². The molecule has 1 aliphatic carbocycles. The van der Waals surface area contributed by atoms with Crippen LogP contribution in [0.1, 0.15) is 25.7 Å². The summed E-state index contributed by atoms with van der Waals surface area (Å²) >= 11 is 0. The maximum atomic E-state index is 9.64. The third-order valence-electron chi connectivity index (χ3n) is 5.12. The van der Waals surface area contributed by atoms with Gasteiger partial charge >= 0.3 is 0 Å². The van der Waals surface area contributed by atoms with Gasteiger partial charge in [0.25, 0.3) is 0 Å². The molecular formula is C20H20N4O2. The highest BCUT2D eigenvalue weighted by Crippen LogP contribution is 2.26. The van der Waals surface area contributed by atoms with Gasteiger partial charge in [0.15, 0.2) is 5.65 Å². The van der Waals surface area contributed by atoms with E-state index in [9.17, 15) is 5.11 Å². The maximum absolute atomic E-state index is 9.64. The van der Waals surface area contributed by atoms with Crippen molar-refractivity contribution in [3.8, 4) is 17.1 Å². The van der Waals surface area contributed by atoms with E-state index < -0.39 is 0 Å². The highest BCUT2D eigenvalue weighted by atomic mass is 16.5. The summed E-state index contributed by atoms with van der Waals surface area (Å²) in [4.78, 5) is 7.71. The van der Waals surface area contributed by atoms with Crippen LogP contribution in [0.2, 0.25) is 0 Å². The molecule has 0 unspecified atom stereocenters. The van der Waals surface area contributed by atoms with E-state index in [-0.39, 0.29) is 12.2 Å². The van der Waals surface area contributed by atoms with Gasteiger partial charge in [-0.25, -0.2) is 9.50 Å². The number of nitrogens with zero attached hydrogens (tertiary/aromatic N) is 3. The number of aromatic nitrogens is 4. The Kier molecular flexibility index (Phi) is 3.64. The second-order valence-corrected chi connectivity index (χ2v) is 6.91. The Hall–Kier alpha value is -2.86. The predicted octanol–water partition coefficient (Wildman–Crippen LogP) is 3.56. The molecule has 2 N–H and O–H groups in total. The highest BCUT2D eigenvalue weighted by Gasteiger charge is 2.21. The van der Waals surface area contributed by atoms with Crippen molar-refractivity contribution in [2.45, 2.75) is 37.9 Å². The van der Waals surface area contributed by atoms with Gasteiger partial charge < -0.3 is 14.8 Å². The first-order valence-electron chi connectivity index (χ1n) is 9.03. The second-order valence-electron chi connectivity index (χ2n) is 6.91. The van der Waals surface area contributed by atoms with E-state index in [1.165, 1.54) is 5.39 Å². The Labute approximate surface area is 150 Å². The first kappa shape index (κ1) is 15.4. The van der Waals surface area contributed by atoms with Gasteiger partial charge in [0.2, 0.25) is 5.88 Å². The maximum Gasteiger partial charge on any atom is 0.232 e. The second kappa shape index (κ2) is 6.14. The highest BCUT2D eigenvalue weighted by molar-refractivity contribution is 5.84. The van der Waals surface area contributed by atoms with Crippen LogP contribution in [0.5, 0.6) is 5.88 Å². The van der Waals surface area contributed by atoms with E-state index in [4.69, 9.17) is 4.74 Å². The van der Waals surface area contributed by atoms with E-state index in [1.807, 2.05) is 29.0 Å². The molecule has 6 heteroatoms. The zero-order valence-corrected chi connectivity index (χ0v) is 14.3. The predicted molar refractivity (Wildman–Crippen MR) is 99.2 cm³/mol. The molecular weight excluding hydrogens is 328 g/mol. The van der Waals surface area contributed by atoms with Gasteiger partial charge in [0, 0.05) is 23.3 Å². The molecule has 5 rings (SSSR count). The van der Waals surface area contributed by atoms with E-state index in [0.717, 1.165) is 48.1 Å². The van der Waals surface area contributed by atoms with E-state index in [0.29, 0.717) is 5.88 Å². The SMILES string of the molecule is OC1CCC(Oc2ccc3ncc(-c4ccc5cc[nH]c5c4)n3n2)CC1. The lowest BCUT2D eigenvalue weighted by Crippen LogP contribution is -2.26. The average molecular weight is 348 g/mol. The Balaban J connectivity index is 1.48. The van der Waals surface area contributed by atoms with Crippen molar-refractivity contribution in [3.63, 3.8) is 0 Å². The summed E-state index contributed by atoms with van der Waals surface area (Å²) in [6, 6.07) is 12.1. The topological polar surface area (TPSA) is 75.4 Å². The number of fused-ring (bicyclic) bond motifs is 2. The summed E-state index contributed by atoms with van der Waals surface area (Å²) in [5.74, 6) is 0.596. The first-order chi connectivity index (χ1) is 12.8. The number of benzene rings is 1. The lowest BCUT2D eigenvalue weighted by Gasteiger charge is -2.25.